The van der Waals surface area contributed by atoms with Gasteiger partial charge < -0.3 is 16.8 Å². The van der Waals surface area contributed by atoms with E-state index in [0.717, 1.165) is 5.75 Å². The average molecular weight is 267 g/mol. The predicted octanol–water partition coefficient (Wildman–Crippen LogP) is 0.691. The maximum atomic E-state index is 11.6. The highest BCUT2D eigenvalue weighted by Crippen LogP contribution is 2.13. The Morgan fingerprint density at radius 2 is 1.94 bits per heavy atom. The van der Waals surface area contributed by atoms with Crippen molar-refractivity contribution < 1.29 is 9.59 Å². The van der Waals surface area contributed by atoms with Gasteiger partial charge in [-0.3, -0.25) is 9.59 Å². The zero-order chi connectivity index (χ0) is 13.5. The van der Waals surface area contributed by atoms with Crippen molar-refractivity contribution in [3.05, 3.63) is 29.8 Å². The molecule has 1 rings (SSSR count). The van der Waals surface area contributed by atoms with Crippen LogP contribution in [-0.4, -0.2) is 24.1 Å². The summed E-state index contributed by atoms with van der Waals surface area (Å²) in [7, 11) is 0. The molecule has 2 amide bonds. The summed E-state index contributed by atoms with van der Waals surface area (Å²) in [4.78, 5) is 22.3. The second-order valence-corrected chi connectivity index (χ2v) is 4.76. The number of thioether (sulfide) groups is 1. The van der Waals surface area contributed by atoms with Crippen molar-refractivity contribution in [3.8, 4) is 0 Å². The number of benzene rings is 1. The fraction of sp³-hybridized carbons (Fsp3) is 0.333. The van der Waals surface area contributed by atoms with Gasteiger partial charge in [0.05, 0.1) is 12.5 Å². The Morgan fingerprint density at radius 1 is 1.33 bits per heavy atom. The van der Waals surface area contributed by atoms with Crippen LogP contribution in [0.3, 0.4) is 0 Å². The minimum absolute atomic E-state index is 0.156. The second-order valence-electron chi connectivity index (χ2n) is 3.90. The molecule has 0 radical (unpaired) electrons. The molecule has 6 heteroatoms. The lowest BCUT2D eigenvalue weighted by Crippen LogP contribution is -2.38. The van der Waals surface area contributed by atoms with Crippen LogP contribution in [0, 0.1) is 0 Å². The standard InChI is InChI=1S/C12H17N3O2S/c1-18-7-8-2-4-9(5-3-8)15-12(17)10(13)6-11(14)16/h2-5,10H,6-7,13H2,1H3,(H2,14,16)(H,15,17). The Hall–Kier alpha value is -1.53. The van der Waals surface area contributed by atoms with Crippen molar-refractivity contribution >= 4 is 29.3 Å². The van der Waals surface area contributed by atoms with E-state index in [-0.39, 0.29) is 6.42 Å². The molecule has 0 aromatic heterocycles. The summed E-state index contributed by atoms with van der Waals surface area (Å²) in [6.45, 7) is 0. The number of primary amides is 1. The molecule has 0 saturated heterocycles. The molecule has 0 aliphatic rings. The Morgan fingerprint density at radius 3 is 2.44 bits per heavy atom. The first-order chi connectivity index (χ1) is 8.52. The van der Waals surface area contributed by atoms with Crippen LogP contribution < -0.4 is 16.8 Å². The highest BCUT2D eigenvalue weighted by Gasteiger charge is 2.15. The molecule has 0 aliphatic heterocycles. The van der Waals surface area contributed by atoms with Gasteiger partial charge in [-0.15, -0.1) is 0 Å². The van der Waals surface area contributed by atoms with Crippen LogP contribution in [0.15, 0.2) is 24.3 Å². The van der Waals surface area contributed by atoms with Gasteiger partial charge in [0.1, 0.15) is 0 Å². The normalized spacial score (nSPS) is 11.9. The summed E-state index contributed by atoms with van der Waals surface area (Å²) in [6.07, 6.45) is 1.87. The van der Waals surface area contributed by atoms with Crippen LogP contribution in [0.5, 0.6) is 0 Å². The summed E-state index contributed by atoms with van der Waals surface area (Å²) in [5.74, 6) is -0.0746. The van der Waals surface area contributed by atoms with Gasteiger partial charge in [0, 0.05) is 11.4 Å². The fourth-order valence-corrected chi connectivity index (χ4v) is 1.92. The third-order valence-electron chi connectivity index (χ3n) is 2.29. The number of carbonyl (C=O) groups is 2. The molecule has 0 aliphatic carbocycles. The smallest absolute Gasteiger partial charge is 0.241 e. The lowest BCUT2D eigenvalue weighted by Gasteiger charge is -2.10. The maximum absolute atomic E-state index is 11.6. The quantitative estimate of drug-likeness (QED) is 0.706. The van der Waals surface area contributed by atoms with Gasteiger partial charge in [-0.25, -0.2) is 0 Å². The van der Waals surface area contributed by atoms with Crippen LogP contribution in [0.1, 0.15) is 12.0 Å². The van der Waals surface area contributed by atoms with Crippen molar-refractivity contribution in [1.82, 2.24) is 0 Å². The Kier molecular flexibility index (Phi) is 5.67. The second kappa shape index (κ2) is 7.03. The molecule has 98 valence electrons. The van der Waals surface area contributed by atoms with E-state index in [1.165, 1.54) is 5.56 Å². The van der Waals surface area contributed by atoms with Gasteiger partial charge in [0.25, 0.3) is 0 Å². The van der Waals surface area contributed by atoms with E-state index in [1.54, 1.807) is 23.9 Å². The molecule has 5 N–H and O–H groups in total. The average Bonchev–Trinajstić information content (AvgIpc) is 2.31. The number of nitrogens with two attached hydrogens (primary N) is 2. The molecule has 0 fully saturated rings. The SMILES string of the molecule is CSCc1ccc(NC(=O)C(N)CC(N)=O)cc1. The molecule has 0 heterocycles. The van der Waals surface area contributed by atoms with E-state index in [2.05, 4.69) is 5.32 Å². The van der Waals surface area contributed by atoms with Gasteiger partial charge in [-0.2, -0.15) is 11.8 Å². The van der Waals surface area contributed by atoms with E-state index in [9.17, 15) is 9.59 Å². The van der Waals surface area contributed by atoms with E-state index < -0.39 is 17.9 Å². The molecule has 0 bridgehead atoms. The lowest BCUT2D eigenvalue weighted by molar-refractivity contribution is -0.123. The predicted molar refractivity (Wildman–Crippen MR) is 74.1 cm³/mol. The molecular weight excluding hydrogens is 250 g/mol. The number of hydrogen-bond donors (Lipinski definition) is 3. The van der Waals surface area contributed by atoms with Crippen LogP contribution in [0.4, 0.5) is 5.69 Å². The first kappa shape index (κ1) is 14.5. The Bertz CT molecular complexity index is 420. The molecule has 5 nitrogen and oxygen atoms in total. The van der Waals surface area contributed by atoms with Gasteiger partial charge in [-0.1, -0.05) is 12.1 Å². The fourth-order valence-electron chi connectivity index (χ4n) is 1.40. The van der Waals surface area contributed by atoms with Gasteiger partial charge in [0.15, 0.2) is 0 Å². The third kappa shape index (κ3) is 4.77. The zero-order valence-electron chi connectivity index (χ0n) is 10.2. The molecule has 0 spiro atoms. The molecule has 1 aromatic rings. The topological polar surface area (TPSA) is 98.2 Å². The summed E-state index contributed by atoms with van der Waals surface area (Å²) in [5.41, 5.74) is 12.3. The van der Waals surface area contributed by atoms with Crippen molar-refractivity contribution in [2.75, 3.05) is 11.6 Å². The molecule has 1 aromatic carbocycles. The van der Waals surface area contributed by atoms with Gasteiger partial charge in [0.2, 0.25) is 11.8 Å². The Labute approximate surface area is 110 Å². The lowest BCUT2D eigenvalue weighted by atomic mass is 10.2. The van der Waals surface area contributed by atoms with Crippen molar-refractivity contribution in [1.29, 1.82) is 0 Å². The highest BCUT2D eigenvalue weighted by molar-refractivity contribution is 7.97. The number of hydrogen-bond acceptors (Lipinski definition) is 4. The van der Waals surface area contributed by atoms with E-state index in [1.807, 2.05) is 18.4 Å². The van der Waals surface area contributed by atoms with E-state index >= 15 is 0 Å². The van der Waals surface area contributed by atoms with Crippen LogP contribution in [0.2, 0.25) is 0 Å². The first-order valence-corrected chi connectivity index (χ1v) is 6.85. The summed E-state index contributed by atoms with van der Waals surface area (Å²) < 4.78 is 0. The summed E-state index contributed by atoms with van der Waals surface area (Å²) in [6, 6.07) is 6.58. The number of amides is 2. The number of anilines is 1. The van der Waals surface area contributed by atoms with Crippen molar-refractivity contribution in [2.24, 2.45) is 11.5 Å². The largest absolute Gasteiger partial charge is 0.370 e. The Balaban J connectivity index is 2.56. The van der Waals surface area contributed by atoms with Crippen LogP contribution >= 0.6 is 11.8 Å². The summed E-state index contributed by atoms with van der Waals surface area (Å²) >= 11 is 1.73. The molecule has 18 heavy (non-hydrogen) atoms. The van der Waals surface area contributed by atoms with E-state index in [4.69, 9.17) is 11.5 Å². The highest BCUT2D eigenvalue weighted by atomic mass is 32.2. The van der Waals surface area contributed by atoms with Crippen molar-refractivity contribution in [3.63, 3.8) is 0 Å². The minimum Gasteiger partial charge on any atom is -0.370 e. The van der Waals surface area contributed by atoms with Crippen LogP contribution in [0.25, 0.3) is 0 Å². The monoisotopic (exact) mass is 267 g/mol. The number of nitrogens with one attached hydrogen (secondary N) is 1. The summed E-state index contributed by atoms with van der Waals surface area (Å²) in [5, 5.41) is 2.64. The number of rotatable bonds is 6. The van der Waals surface area contributed by atoms with Gasteiger partial charge >= 0.3 is 0 Å². The molecule has 0 saturated carbocycles. The molecule has 1 atom stereocenters. The first-order valence-electron chi connectivity index (χ1n) is 5.45. The van der Waals surface area contributed by atoms with Crippen LogP contribution in [-0.2, 0) is 15.3 Å². The maximum Gasteiger partial charge on any atom is 0.241 e. The van der Waals surface area contributed by atoms with Crippen molar-refractivity contribution in [2.45, 2.75) is 18.2 Å². The minimum atomic E-state index is -0.909. The zero-order valence-corrected chi connectivity index (χ0v) is 11.0. The van der Waals surface area contributed by atoms with Gasteiger partial charge in [-0.05, 0) is 24.0 Å². The molecule has 1 unspecified atom stereocenters. The molecular formula is C12H17N3O2S. The number of carbonyl (C=O) groups excluding carboxylic acids is 2. The van der Waals surface area contributed by atoms with E-state index in [0.29, 0.717) is 5.69 Å². The third-order valence-corrected chi connectivity index (χ3v) is 2.91.